The minimum absolute atomic E-state index is 0.390. The van der Waals surface area contributed by atoms with Gasteiger partial charge in [0.15, 0.2) is 0 Å². The summed E-state index contributed by atoms with van der Waals surface area (Å²) in [5.74, 6) is -0.457. The molecule has 0 radical (unpaired) electrons. The highest BCUT2D eigenvalue weighted by atomic mass is 16.4. The molecule has 0 heterocycles. The highest BCUT2D eigenvalue weighted by Crippen LogP contribution is 2.38. The molecule has 3 nitrogen and oxygen atoms in total. The van der Waals surface area contributed by atoms with Crippen LogP contribution in [-0.2, 0) is 4.79 Å². The number of carboxylic acid groups (broad SMARTS) is 1. The molecule has 29 heavy (non-hydrogen) atoms. The van der Waals surface area contributed by atoms with E-state index in [9.17, 15) is 4.79 Å². The Labute approximate surface area is 171 Å². The first kappa shape index (κ1) is 18.9. The number of rotatable bonds is 5. The second-order valence-electron chi connectivity index (χ2n) is 7.36. The first-order chi connectivity index (χ1) is 14.2. The third kappa shape index (κ3) is 4.69. The van der Waals surface area contributed by atoms with Crippen LogP contribution in [0.2, 0.25) is 0 Å². The number of hydrogen-bond acceptors (Lipinski definition) is 2. The second-order valence-corrected chi connectivity index (χ2v) is 7.36. The van der Waals surface area contributed by atoms with Crippen molar-refractivity contribution in [3.05, 3.63) is 113 Å². The first-order valence-electron chi connectivity index (χ1n) is 9.91. The molecule has 3 aromatic carbocycles. The molecule has 0 bridgehead atoms. The summed E-state index contributed by atoms with van der Waals surface area (Å²) in [6.07, 6.45) is 4.06. The van der Waals surface area contributed by atoms with Crippen LogP contribution in [0.3, 0.4) is 0 Å². The van der Waals surface area contributed by atoms with Gasteiger partial charge in [0.2, 0.25) is 0 Å². The maximum atomic E-state index is 10.9. The summed E-state index contributed by atoms with van der Waals surface area (Å²) in [6.45, 7) is 0. The van der Waals surface area contributed by atoms with E-state index >= 15 is 0 Å². The zero-order chi connectivity index (χ0) is 20.1. The zero-order valence-electron chi connectivity index (χ0n) is 16.2. The van der Waals surface area contributed by atoms with Gasteiger partial charge in [0, 0.05) is 17.2 Å². The van der Waals surface area contributed by atoms with Crippen LogP contribution >= 0.6 is 0 Å². The lowest BCUT2D eigenvalue weighted by atomic mass is 9.97. The minimum atomic E-state index is -0.848. The molecule has 1 aliphatic rings. The Kier molecular flexibility index (Phi) is 5.66. The van der Waals surface area contributed by atoms with Gasteiger partial charge in [0.1, 0.15) is 0 Å². The molecule has 0 spiro atoms. The molecule has 1 atom stereocenters. The molecular formula is C26H23NO2. The summed E-state index contributed by atoms with van der Waals surface area (Å²) in [7, 11) is 0. The monoisotopic (exact) mass is 381 g/mol. The topological polar surface area (TPSA) is 49.7 Å². The minimum Gasteiger partial charge on any atom is -0.478 e. The van der Waals surface area contributed by atoms with Crippen LogP contribution in [0.15, 0.2) is 102 Å². The van der Waals surface area contributed by atoms with Crippen molar-refractivity contribution in [2.45, 2.75) is 25.2 Å². The Morgan fingerprint density at radius 2 is 1.45 bits per heavy atom. The SMILES string of the molecule is O=C(O)C=C1CC[C@H](c2ccc(N=C(c3ccccc3)c3ccccc3)cc2)C1. The summed E-state index contributed by atoms with van der Waals surface area (Å²) in [5, 5.41) is 8.95. The molecule has 1 fully saturated rings. The van der Waals surface area contributed by atoms with Gasteiger partial charge in [0.25, 0.3) is 0 Å². The van der Waals surface area contributed by atoms with Crippen LogP contribution in [0, 0.1) is 0 Å². The van der Waals surface area contributed by atoms with E-state index in [1.54, 1.807) is 0 Å². The van der Waals surface area contributed by atoms with Crippen molar-refractivity contribution in [1.29, 1.82) is 0 Å². The van der Waals surface area contributed by atoms with Crippen molar-refractivity contribution in [2.24, 2.45) is 4.99 Å². The molecule has 1 N–H and O–H groups in total. The van der Waals surface area contributed by atoms with Crippen molar-refractivity contribution < 1.29 is 9.90 Å². The third-order valence-corrected chi connectivity index (χ3v) is 5.35. The Bertz CT molecular complexity index is 994. The maximum absolute atomic E-state index is 10.9. The van der Waals surface area contributed by atoms with E-state index in [1.165, 1.54) is 11.6 Å². The summed E-state index contributed by atoms with van der Waals surface area (Å²) in [5.41, 5.74) is 6.31. The van der Waals surface area contributed by atoms with Gasteiger partial charge in [-0.25, -0.2) is 9.79 Å². The van der Waals surface area contributed by atoms with Crippen molar-refractivity contribution in [3.8, 4) is 0 Å². The summed E-state index contributed by atoms with van der Waals surface area (Å²) >= 11 is 0. The number of carboxylic acids is 1. The fourth-order valence-corrected chi connectivity index (χ4v) is 3.91. The molecule has 144 valence electrons. The van der Waals surface area contributed by atoms with Crippen LogP contribution in [0.1, 0.15) is 41.9 Å². The average molecular weight is 381 g/mol. The number of nitrogens with zero attached hydrogens (tertiary/aromatic N) is 1. The highest BCUT2D eigenvalue weighted by Gasteiger charge is 2.21. The number of aliphatic imine (C=N–C) groups is 1. The quantitative estimate of drug-likeness (QED) is 0.427. The number of carbonyl (C=O) groups is 1. The average Bonchev–Trinajstić information content (AvgIpc) is 3.21. The van der Waals surface area contributed by atoms with E-state index in [1.807, 2.05) is 36.4 Å². The van der Waals surface area contributed by atoms with Gasteiger partial charge in [-0.05, 0) is 42.9 Å². The number of benzene rings is 3. The molecule has 1 saturated carbocycles. The first-order valence-corrected chi connectivity index (χ1v) is 9.91. The standard InChI is InChI=1S/C26H23NO2/c28-25(29)18-19-11-12-23(17-19)20-13-15-24(16-14-20)27-26(21-7-3-1-4-8-21)22-9-5-2-6-10-22/h1-10,13-16,18,23H,11-12,17H2,(H,28,29)/t23-/m0/s1. The lowest BCUT2D eigenvalue weighted by molar-refractivity contribution is -0.131. The molecule has 3 aromatic rings. The predicted octanol–water partition coefficient (Wildman–Crippen LogP) is 6.13. The van der Waals surface area contributed by atoms with E-state index in [2.05, 4.69) is 48.5 Å². The smallest absolute Gasteiger partial charge is 0.328 e. The molecule has 0 amide bonds. The van der Waals surface area contributed by atoms with E-state index in [4.69, 9.17) is 10.1 Å². The molecule has 1 aliphatic carbocycles. The second kappa shape index (κ2) is 8.70. The van der Waals surface area contributed by atoms with Crippen LogP contribution in [0.25, 0.3) is 0 Å². The van der Waals surface area contributed by atoms with Gasteiger partial charge >= 0.3 is 5.97 Å². The number of aliphatic carboxylic acids is 1. The van der Waals surface area contributed by atoms with Gasteiger partial charge in [-0.15, -0.1) is 0 Å². The molecule has 0 aliphatic heterocycles. The molecule has 3 heteroatoms. The summed E-state index contributed by atoms with van der Waals surface area (Å²) < 4.78 is 0. The van der Waals surface area contributed by atoms with Crippen LogP contribution in [0.5, 0.6) is 0 Å². The molecule has 0 aromatic heterocycles. The van der Waals surface area contributed by atoms with Crippen molar-refractivity contribution >= 4 is 17.4 Å². The molecule has 0 saturated heterocycles. The summed E-state index contributed by atoms with van der Waals surface area (Å²) in [4.78, 5) is 15.8. The lowest BCUT2D eigenvalue weighted by Crippen LogP contribution is -2.02. The van der Waals surface area contributed by atoms with Crippen molar-refractivity contribution in [1.82, 2.24) is 0 Å². The highest BCUT2D eigenvalue weighted by molar-refractivity contribution is 6.13. The Morgan fingerprint density at radius 1 is 0.862 bits per heavy atom. The fraction of sp³-hybridized carbons (Fsp3) is 0.154. The van der Waals surface area contributed by atoms with E-state index in [0.717, 1.165) is 47.4 Å². The Hall–Kier alpha value is -3.46. The third-order valence-electron chi connectivity index (χ3n) is 5.35. The Balaban J connectivity index is 1.60. The van der Waals surface area contributed by atoms with Gasteiger partial charge in [-0.2, -0.15) is 0 Å². The maximum Gasteiger partial charge on any atom is 0.328 e. The van der Waals surface area contributed by atoms with Crippen molar-refractivity contribution in [2.75, 3.05) is 0 Å². The zero-order valence-corrected chi connectivity index (χ0v) is 16.2. The predicted molar refractivity (Wildman–Crippen MR) is 117 cm³/mol. The van der Waals surface area contributed by atoms with E-state index in [0.29, 0.717) is 5.92 Å². The van der Waals surface area contributed by atoms with Gasteiger partial charge in [0.05, 0.1) is 11.4 Å². The van der Waals surface area contributed by atoms with E-state index < -0.39 is 5.97 Å². The van der Waals surface area contributed by atoms with Gasteiger partial charge in [-0.3, -0.25) is 0 Å². The Morgan fingerprint density at radius 3 is 2.00 bits per heavy atom. The van der Waals surface area contributed by atoms with Crippen molar-refractivity contribution in [3.63, 3.8) is 0 Å². The van der Waals surface area contributed by atoms with Crippen LogP contribution in [-0.4, -0.2) is 16.8 Å². The molecular weight excluding hydrogens is 358 g/mol. The van der Waals surface area contributed by atoms with Gasteiger partial charge in [-0.1, -0.05) is 78.4 Å². The normalized spacial score (nSPS) is 17.2. The van der Waals surface area contributed by atoms with E-state index in [-0.39, 0.29) is 0 Å². The van der Waals surface area contributed by atoms with Gasteiger partial charge < -0.3 is 5.11 Å². The number of allylic oxidation sites excluding steroid dienone is 1. The largest absolute Gasteiger partial charge is 0.478 e. The lowest BCUT2D eigenvalue weighted by Gasteiger charge is -2.11. The fourth-order valence-electron chi connectivity index (χ4n) is 3.91. The molecule has 0 unspecified atom stereocenters. The summed E-state index contributed by atoms with van der Waals surface area (Å²) in [6, 6.07) is 28.8. The van der Waals surface area contributed by atoms with Crippen LogP contribution < -0.4 is 0 Å². The van der Waals surface area contributed by atoms with Crippen LogP contribution in [0.4, 0.5) is 5.69 Å². The molecule has 4 rings (SSSR count). The number of hydrogen-bond donors (Lipinski definition) is 1.